The lowest BCUT2D eigenvalue weighted by atomic mass is 10.2. The minimum absolute atomic E-state index is 0.0663. The smallest absolute Gasteiger partial charge is 0.274 e. The number of nitro benzene ring substituents is 1. The van der Waals surface area contributed by atoms with Gasteiger partial charge in [-0.3, -0.25) is 14.3 Å². The van der Waals surface area contributed by atoms with Gasteiger partial charge in [-0.25, -0.2) is 13.1 Å². The molecule has 0 aliphatic rings. The van der Waals surface area contributed by atoms with Crippen LogP contribution in [0.1, 0.15) is 5.56 Å². The van der Waals surface area contributed by atoms with Crippen molar-refractivity contribution in [3.8, 4) is 0 Å². The van der Waals surface area contributed by atoms with E-state index >= 15 is 0 Å². The number of nitrogens with one attached hydrogen (secondary N) is 1. The summed E-state index contributed by atoms with van der Waals surface area (Å²) in [5.74, 6) is -0.545. The van der Waals surface area contributed by atoms with E-state index in [1.165, 1.54) is 7.05 Å². The second kappa shape index (κ2) is 5.52. The molecule has 0 heterocycles. The van der Waals surface area contributed by atoms with Gasteiger partial charge in [0.1, 0.15) is 0 Å². The average Bonchev–Trinajstić information content (AvgIpc) is 2.28. The lowest BCUT2D eigenvalue weighted by Gasteiger charge is -2.08. The fourth-order valence-corrected chi connectivity index (χ4v) is 2.50. The van der Waals surface area contributed by atoms with Crippen LogP contribution in [0.15, 0.2) is 23.1 Å². The van der Waals surface area contributed by atoms with E-state index < -0.39 is 37.5 Å². The van der Waals surface area contributed by atoms with Crippen LogP contribution in [0.5, 0.6) is 0 Å². The summed E-state index contributed by atoms with van der Waals surface area (Å²) in [6.07, 6.45) is 0. The molecule has 1 aromatic rings. The fraction of sp³-hybridized carbons (Fsp3) is 0.250. The molecule has 0 radical (unpaired) electrons. The third kappa shape index (κ3) is 3.32. The molecule has 0 saturated carbocycles. The van der Waals surface area contributed by atoms with Gasteiger partial charge in [-0.1, -0.05) is 11.1 Å². The summed E-state index contributed by atoms with van der Waals surface area (Å²) in [5, 5.41) is 10.8. The molecule has 0 spiro atoms. The van der Waals surface area contributed by atoms with Crippen molar-refractivity contribution in [2.45, 2.75) is 10.6 Å². The van der Waals surface area contributed by atoms with Gasteiger partial charge in [-0.05, 0) is 19.2 Å². The van der Waals surface area contributed by atoms with Gasteiger partial charge in [0.05, 0.1) is 9.82 Å². The lowest BCUT2D eigenvalue weighted by molar-refractivity contribution is -0.385. The van der Waals surface area contributed by atoms with Gasteiger partial charge in [-0.2, -0.15) is 0 Å². The zero-order valence-corrected chi connectivity index (χ0v) is 10.8. The molecule has 0 aromatic heterocycles. The number of hydrogen-bond acceptors (Lipinski definition) is 6. The number of sulfonamides is 1. The van der Waals surface area contributed by atoms with Gasteiger partial charge in [0, 0.05) is 17.4 Å². The minimum Gasteiger partial charge on any atom is -0.772 e. The Morgan fingerprint density at radius 2 is 2.06 bits per heavy atom. The number of hydrogen-bond donors (Lipinski definition) is 1. The van der Waals surface area contributed by atoms with Crippen LogP contribution in [-0.2, 0) is 26.9 Å². The van der Waals surface area contributed by atoms with E-state index in [1.807, 2.05) is 4.72 Å². The summed E-state index contributed by atoms with van der Waals surface area (Å²) in [5.41, 5.74) is -0.612. The van der Waals surface area contributed by atoms with E-state index in [-0.39, 0.29) is 10.5 Å². The van der Waals surface area contributed by atoms with Crippen LogP contribution in [0.2, 0.25) is 0 Å². The van der Waals surface area contributed by atoms with E-state index in [2.05, 4.69) is 0 Å². The van der Waals surface area contributed by atoms with E-state index in [1.54, 1.807) is 0 Å². The molecule has 0 saturated heterocycles. The molecular weight excluding hydrogens is 284 g/mol. The van der Waals surface area contributed by atoms with Crippen LogP contribution >= 0.6 is 0 Å². The van der Waals surface area contributed by atoms with Gasteiger partial charge in [-0.15, -0.1) is 0 Å². The Morgan fingerprint density at radius 1 is 1.44 bits per heavy atom. The highest BCUT2D eigenvalue weighted by molar-refractivity contribution is 7.89. The maximum atomic E-state index is 11.5. The molecule has 1 unspecified atom stereocenters. The van der Waals surface area contributed by atoms with Gasteiger partial charge >= 0.3 is 0 Å². The van der Waals surface area contributed by atoms with E-state index in [0.717, 1.165) is 18.2 Å². The third-order valence-electron chi connectivity index (χ3n) is 2.11. The normalized spacial score (nSPS) is 13.2. The van der Waals surface area contributed by atoms with Gasteiger partial charge < -0.3 is 4.55 Å². The number of nitro groups is 1. The zero-order chi connectivity index (χ0) is 13.9. The van der Waals surface area contributed by atoms with Crippen molar-refractivity contribution in [1.29, 1.82) is 0 Å². The maximum absolute atomic E-state index is 11.5. The summed E-state index contributed by atoms with van der Waals surface area (Å²) >= 11 is -2.49. The molecule has 0 aliphatic heterocycles. The van der Waals surface area contributed by atoms with Crippen molar-refractivity contribution >= 4 is 26.8 Å². The Labute approximate surface area is 106 Å². The Balaban J connectivity index is 3.37. The molecule has 1 rings (SSSR count). The van der Waals surface area contributed by atoms with Crippen LogP contribution in [0.25, 0.3) is 0 Å². The summed E-state index contributed by atoms with van der Waals surface area (Å²) < 4.78 is 46.0. The molecule has 0 aliphatic carbocycles. The van der Waals surface area contributed by atoms with Crippen LogP contribution < -0.4 is 4.72 Å². The standard InChI is InChI=1S/C8H10N2O6S2/c1-9-18(15,16)7-3-2-6(5-17(13)14)8(4-7)10(11)12/h2-4,9H,5H2,1H3,(H,13,14)/p-1. The van der Waals surface area contributed by atoms with Crippen molar-refractivity contribution in [3.05, 3.63) is 33.9 Å². The number of rotatable bonds is 5. The fourth-order valence-electron chi connectivity index (χ4n) is 1.25. The molecule has 100 valence electrons. The Hall–Kier alpha value is -1.36. The summed E-state index contributed by atoms with van der Waals surface area (Å²) in [7, 11) is -2.64. The first-order valence-corrected chi connectivity index (χ1v) is 7.27. The van der Waals surface area contributed by atoms with Crippen molar-refractivity contribution in [2.24, 2.45) is 0 Å². The van der Waals surface area contributed by atoms with Crippen molar-refractivity contribution < 1.29 is 22.1 Å². The SMILES string of the molecule is CNS(=O)(=O)c1ccc(CS(=O)[O-])c([N+](=O)[O-])c1. The predicted molar refractivity (Wildman–Crippen MR) is 62.0 cm³/mol. The number of nitrogens with zero attached hydrogens (tertiary/aromatic N) is 1. The molecule has 0 bridgehead atoms. The summed E-state index contributed by atoms with van der Waals surface area (Å²) in [6, 6.07) is 3.05. The molecule has 1 aromatic carbocycles. The van der Waals surface area contributed by atoms with Gasteiger partial charge in [0.25, 0.3) is 5.69 Å². The van der Waals surface area contributed by atoms with Crippen molar-refractivity contribution in [2.75, 3.05) is 7.05 Å². The van der Waals surface area contributed by atoms with Crippen LogP contribution in [0.3, 0.4) is 0 Å². The topological polar surface area (TPSA) is 129 Å². The molecule has 8 nitrogen and oxygen atoms in total. The molecule has 10 heteroatoms. The monoisotopic (exact) mass is 293 g/mol. The van der Waals surface area contributed by atoms with Crippen LogP contribution in [0.4, 0.5) is 5.69 Å². The Morgan fingerprint density at radius 3 is 2.50 bits per heavy atom. The molecule has 1 atom stereocenters. The first-order chi connectivity index (χ1) is 8.27. The van der Waals surface area contributed by atoms with E-state index in [4.69, 9.17) is 0 Å². The Bertz CT molecular complexity index is 598. The molecule has 0 fully saturated rings. The Kier molecular flexibility index (Phi) is 4.51. The minimum atomic E-state index is -3.81. The third-order valence-corrected chi connectivity index (χ3v) is 4.06. The van der Waals surface area contributed by atoms with Crippen LogP contribution in [0, 0.1) is 10.1 Å². The molecule has 0 amide bonds. The molecule has 1 N–H and O–H groups in total. The number of benzene rings is 1. The second-order valence-electron chi connectivity index (χ2n) is 3.20. The maximum Gasteiger partial charge on any atom is 0.274 e. The average molecular weight is 293 g/mol. The summed E-state index contributed by atoms with van der Waals surface area (Å²) in [6.45, 7) is 0. The second-order valence-corrected chi connectivity index (χ2v) is 5.99. The largest absolute Gasteiger partial charge is 0.772 e. The van der Waals surface area contributed by atoms with Crippen molar-refractivity contribution in [3.63, 3.8) is 0 Å². The molecular formula is C8H9N2O6S2-. The highest BCUT2D eigenvalue weighted by Crippen LogP contribution is 2.23. The first kappa shape index (κ1) is 14.7. The zero-order valence-electron chi connectivity index (χ0n) is 9.15. The highest BCUT2D eigenvalue weighted by Gasteiger charge is 2.20. The van der Waals surface area contributed by atoms with E-state index in [0.29, 0.717) is 0 Å². The lowest BCUT2D eigenvalue weighted by Crippen LogP contribution is -2.18. The quantitative estimate of drug-likeness (QED) is 0.457. The van der Waals surface area contributed by atoms with E-state index in [9.17, 15) is 27.3 Å². The predicted octanol–water partition coefficient (Wildman–Crippen LogP) is -0.118. The summed E-state index contributed by atoms with van der Waals surface area (Å²) in [4.78, 5) is 9.64. The van der Waals surface area contributed by atoms with Gasteiger partial charge in [0.2, 0.25) is 10.0 Å². The van der Waals surface area contributed by atoms with Gasteiger partial charge in [0.15, 0.2) is 0 Å². The van der Waals surface area contributed by atoms with Crippen LogP contribution in [-0.4, -0.2) is 29.2 Å². The molecule has 18 heavy (non-hydrogen) atoms. The first-order valence-electron chi connectivity index (χ1n) is 4.54. The van der Waals surface area contributed by atoms with Crippen molar-refractivity contribution in [1.82, 2.24) is 4.72 Å². The highest BCUT2D eigenvalue weighted by atomic mass is 32.2.